The normalized spacial score (nSPS) is 25.5. The third-order valence-electron chi connectivity index (χ3n) is 6.62. The average molecular weight is 447 g/mol. The molecule has 1 aromatic carbocycles. The van der Waals surface area contributed by atoms with Crippen molar-refractivity contribution in [3.63, 3.8) is 0 Å². The second kappa shape index (κ2) is 8.06. The molecule has 3 heterocycles. The molecular formula is C23H24F3N3O3. The summed E-state index contributed by atoms with van der Waals surface area (Å²) in [6.07, 6.45) is -2.20. The van der Waals surface area contributed by atoms with E-state index >= 15 is 0 Å². The van der Waals surface area contributed by atoms with Crippen LogP contribution in [0.4, 0.5) is 13.2 Å². The number of nitrogens with zero attached hydrogens (tertiary/aromatic N) is 2. The van der Waals surface area contributed by atoms with Gasteiger partial charge < -0.3 is 24.8 Å². The second-order valence-electron chi connectivity index (χ2n) is 8.49. The lowest BCUT2D eigenvalue weighted by atomic mass is 9.96. The largest absolute Gasteiger partial charge is 0.487 e. The smallest absolute Gasteiger partial charge is 0.266 e. The number of fused-ring (bicyclic) bond motifs is 2. The molecule has 2 aromatic heterocycles. The first-order valence-electron chi connectivity index (χ1n) is 10.6. The zero-order valence-electron chi connectivity index (χ0n) is 17.4. The van der Waals surface area contributed by atoms with Gasteiger partial charge in [0.15, 0.2) is 0 Å². The van der Waals surface area contributed by atoms with Gasteiger partial charge in [-0.05, 0) is 49.2 Å². The Kier molecular flexibility index (Phi) is 5.35. The van der Waals surface area contributed by atoms with Crippen molar-refractivity contribution in [1.29, 1.82) is 0 Å². The number of benzene rings is 1. The maximum atomic E-state index is 14.6. The predicted molar refractivity (Wildman–Crippen MR) is 111 cm³/mol. The van der Waals surface area contributed by atoms with Gasteiger partial charge in [-0.1, -0.05) is 0 Å². The SMILES string of the molecule is Cc1ccnc2c1ccn2[C@@H]1C[C@H](Oc2cc(C(F)F)c(F)c3c2CNCC3)[C@@H](O)[C@H]1O. The van der Waals surface area contributed by atoms with Crippen LogP contribution in [0.2, 0.25) is 0 Å². The number of aliphatic hydroxyl groups excluding tert-OH is 2. The molecule has 9 heteroatoms. The summed E-state index contributed by atoms with van der Waals surface area (Å²) in [7, 11) is 0. The Morgan fingerprint density at radius 1 is 1.22 bits per heavy atom. The van der Waals surface area contributed by atoms with Crippen molar-refractivity contribution in [1.82, 2.24) is 14.9 Å². The molecule has 0 amide bonds. The Labute approximate surface area is 182 Å². The van der Waals surface area contributed by atoms with Crippen LogP contribution in [0.1, 0.15) is 41.1 Å². The lowest BCUT2D eigenvalue weighted by Gasteiger charge is -2.26. The zero-order valence-corrected chi connectivity index (χ0v) is 17.4. The van der Waals surface area contributed by atoms with Crippen molar-refractivity contribution in [3.8, 4) is 5.75 Å². The maximum absolute atomic E-state index is 14.6. The van der Waals surface area contributed by atoms with E-state index in [0.717, 1.165) is 17.0 Å². The molecule has 0 radical (unpaired) electrons. The molecule has 1 fully saturated rings. The molecule has 6 nitrogen and oxygen atoms in total. The Morgan fingerprint density at radius 2 is 2.03 bits per heavy atom. The van der Waals surface area contributed by atoms with Crippen LogP contribution in [0, 0.1) is 12.7 Å². The molecule has 0 bridgehead atoms. The van der Waals surface area contributed by atoms with Crippen molar-refractivity contribution >= 4 is 11.0 Å². The Bertz CT molecular complexity index is 1170. The number of alkyl halides is 2. The first kappa shape index (κ1) is 21.2. The molecule has 4 atom stereocenters. The summed E-state index contributed by atoms with van der Waals surface area (Å²) in [6.45, 7) is 2.73. The van der Waals surface area contributed by atoms with Gasteiger partial charge >= 0.3 is 0 Å². The van der Waals surface area contributed by atoms with Crippen LogP contribution in [0.3, 0.4) is 0 Å². The van der Waals surface area contributed by atoms with Crippen LogP contribution in [-0.2, 0) is 13.0 Å². The van der Waals surface area contributed by atoms with E-state index < -0.39 is 42.2 Å². The molecule has 32 heavy (non-hydrogen) atoms. The van der Waals surface area contributed by atoms with E-state index in [0.29, 0.717) is 17.8 Å². The molecule has 0 unspecified atom stereocenters. The maximum Gasteiger partial charge on any atom is 0.266 e. The highest BCUT2D eigenvalue weighted by molar-refractivity contribution is 5.79. The average Bonchev–Trinajstić information content (AvgIpc) is 3.33. The van der Waals surface area contributed by atoms with Crippen molar-refractivity contribution < 1.29 is 28.1 Å². The third kappa shape index (κ3) is 3.35. The van der Waals surface area contributed by atoms with E-state index in [4.69, 9.17) is 4.74 Å². The fourth-order valence-corrected chi connectivity index (χ4v) is 4.88. The van der Waals surface area contributed by atoms with Crippen LogP contribution in [0.15, 0.2) is 30.6 Å². The molecular weight excluding hydrogens is 423 g/mol. The number of aromatic nitrogens is 2. The minimum Gasteiger partial charge on any atom is -0.487 e. The first-order chi connectivity index (χ1) is 15.4. The summed E-state index contributed by atoms with van der Waals surface area (Å²) in [5, 5.41) is 25.5. The summed E-state index contributed by atoms with van der Waals surface area (Å²) in [4.78, 5) is 4.41. The van der Waals surface area contributed by atoms with E-state index in [1.807, 2.05) is 29.8 Å². The molecule has 2 aliphatic rings. The van der Waals surface area contributed by atoms with Gasteiger partial charge in [-0.25, -0.2) is 18.2 Å². The van der Waals surface area contributed by atoms with E-state index in [2.05, 4.69) is 10.3 Å². The molecule has 170 valence electrons. The lowest BCUT2D eigenvalue weighted by Crippen LogP contribution is -2.35. The first-order valence-corrected chi connectivity index (χ1v) is 10.6. The van der Waals surface area contributed by atoms with Gasteiger partial charge in [-0.3, -0.25) is 0 Å². The molecule has 0 spiro atoms. The zero-order chi connectivity index (χ0) is 22.6. The van der Waals surface area contributed by atoms with Gasteiger partial charge in [0.25, 0.3) is 6.43 Å². The van der Waals surface area contributed by atoms with E-state index in [1.165, 1.54) is 0 Å². The minimum atomic E-state index is -2.98. The third-order valence-corrected chi connectivity index (χ3v) is 6.62. The highest BCUT2D eigenvalue weighted by atomic mass is 19.3. The van der Waals surface area contributed by atoms with Crippen molar-refractivity contribution in [3.05, 3.63) is 58.7 Å². The van der Waals surface area contributed by atoms with E-state index in [1.54, 1.807) is 6.20 Å². The number of nitrogens with one attached hydrogen (secondary N) is 1. The minimum absolute atomic E-state index is 0.118. The van der Waals surface area contributed by atoms with Crippen LogP contribution in [-0.4, -0.2) is 44.6 Å². The number of pyridine rings is 1. The van der Waals surface area contributed by atoms with Crippen molar-refractivity contribution in [2.45, 2.75) is 57.1 Å². The Morgan fingerprint density at radius 3 is 2.81 bits per heavy atom. The summed E-state index contributed by atoms with van der Waals surface area (Å²) in [5.41, 5.74) is 1.72. The van der Waals surface area contributed by atoms with Crippen LogP contribution >= 0.6 is 0 Å². The van der Waals surface area contributed by atoms with Gasteiger partial charge in [0.2, 0.25) is 0 Å². The van der Waals surface area contributed by atoms with Gasteiger partial charge in [-0.15, -0.1) is 0 Å². The molecule has 3 aromatic rings. The quantitative estimate of drug-likeness (QED) is 0.573. The van der Waals surface area contributed by atoms with Crippen LogP contribution in [0.5, 0.6) is 5.75 Å². The second-order valence-corrected chi connectivity index (χ2v) is 8.49. The molecule has 1 saturated carbocycles. The monoisotopic (exact) mass is 447 g/mol. The summed E-state index contributed by atoms with van der Waals surface area (Å²) in [6, 6.07) is 4.31. The lowest BCUT2D eigenvalue weighted by molar-refractivity contribution is -0.0167. The molecule has 1 aliphatic heterocycles. The van der Waals surface area contributed by atoms with Crippen molar-refractivity contribution in [2.24, 2.45) is 0 Å². The molecule has 5 rings (SSSR count). The Balaban J connectivity index is 1.48. The highest BCUT2D eigenvalue weighted by Gasteiger charge is 2.45. The standard InChI is InChI=1S/C23H24F3N3O3/c1-11-2-6-28-23-12(11)4-7-29(23)16-9-18(21(31)20(16)30)32-17-8-14(22(25)26)19(24)13-3-5-27-10-15(13)17/h2,4,6-8,16,18,20-22,27,30-31H,3,5,9-10H2,1H3/t16-,18+,20+,21-/m1/s1. The van der Waals surface area contributed by atoms with Gasteiger partial charge in [0.1, 0.15) is 35.5 Å². The summed E-state index contributed by atoms with van der Waals surface area (Å²) in [5.74, 6) is -0.777. The molecule has 0 saturated heterocycles. The number of ether oxygens (including phenoxy) is 1. The number of aliphatic hydroxyl groups is 2. The number of rotatable bonds is 4. The van der Waals surface area contributed by atoms with Crippen LogP contribution in [0.25, 0.3) is 11.0 Å². The van der Waals surface area contributed by atoms with Gasteiger partial charge in [0, 0.05) is 36.3 Å². The topological polar surface area (TPSA) is 79.5 Å². The fraction of sp³-hybridized carbons (Fsp3) is 0.435. The summed E-state index contributed by atoms with van der Waals surface area (Å²) < 4.78 is 49.3. The summed E-state index contributed by atoms with van der Waals surface area (Å²) >= 11 is 0. The van der Waals surface area contributed by atoms with E-state index in [-0.39, 0.29) is 30.7 Å². The molecule has 1 aliphatic carbocycles. The van der Waals surface area contributed by atoms with Crippen LogP contribution < -0.4 is 10.1 Å². The highest BCUT2D eigenvalue weighted by Crippen LogP contribution is 2.40. The van der Waals surface area contributed by atoms with Gasteiger partial charge in [-0.2, -0.15) is 0 Å². The number of hydrogen-bond donors (Lipinski definition) is 3. The van der Waals surface area contributed by atoms with Crippen molar-refractivity contribution in [2.75, 3.05) is 6.54 Å². The predicted octanol–water partition coefficient (Wildman–Crippen LogP) is 3.18. The fourth-order valence-electron chi connectivity index (χ4n) is 4.88. The number of halogens is 3. The Hall–Kier alpha value is -2.62. The number of hydrogen-bond acceptors (Lipinski definition) is 5. The van der Waals surface area contributed by atoms with E-state index in [9.17, 15) is 23.4 Å². The molecule has 3 N–H and O–H groups in total. The van der Waals surface area contributed by atoms with Gasteiger partial charge in [0.05, 0.1) is 11.6 Å². The number of aryl methyl sites for hydroxylation is 1.